The molecule has 1 aliphatic rings. The van der Waals surface area contributed by atoms with Crippen molar-refractivity contribution in [2.75, 3.05) is 44.0 Å². The molecular weight excluding hydrogens is 643 g/mol. The van der Waals surface area contributed by atoms with Gasteiger partial charge in [-0.1, -0.05) is 85.1 Å². The minimum atomic E-state index is -4.09. The van der Waals surface area contributed by atoms with E-state index < -0.39 is 27.3 Å². The Hall–Kier alpha value is -3.22. The third-order valence-electron chi connectivity index (χ3n) is 9.29. The van der Waals surface area contributed by atoms with Crippen molar-refractivity contribution in [2.24, 2.45) is 10.8 Å². The van der Waals surface area contributed by atoms with E-state index in [0.29, 0.717) is 53.6 Å². The lowest BCUT2D eigenvalue weighted by atomic mass is 9.83. The molecule has 1 saturated heterocycles. The number of para-hydroxylation sites is 1. The van der Waals surface area contributed by atoms with Crippen molar-refractivity contribution in [2.45, 2.75) is 105 Å². The number of benzene rings is 1. The summed E-state index contributed by atoms with van der Waals surface area (Å²) < 4.78 is 48.5. The van der Waals surface area contributed by atoms with Gasteiger partial charge in [-0.15, -0.1) is 10.2 Å². The summed E-state index contributed by atoms with van der Waals surface area (Å²) in [6, 6.07) is 7.29. The van der Waals surface area contributed by atoms with Gasteiger partial charge < -0.3 is 19.3 Å². The van der Waals surface area contributed by atoms with Gasteiger partial charge in [0.1, 0.15) is 17.2 Å². The Kier molecular flexibility index (Phi) is 13.5. The Labute approximate surface area is 293 Å². The van der Waals surface area contributed by atoms with Crippen LogP contribution in [0.2, 0.25) is 0 Å². The van der Waals surface area contributed by atoms with Gasteiger partial charge in [0.15, 0.2) is 5.82 Å². The summed E-state index contributed by atoms with van der Waals surface area (Å²) in [5.74, 6) is 0.919. The Morgan fingerprint density at radius 2 is 1.55 bits per heavy atom. The molecule has 3 aromatic rings. The maximum absolute atomic E-state index is 14.3. The van der Waals surface area contributed by atoms with Gasteiger partial charge >= 0.3 is 0 Å². The zero-order chi connectivity index (χ0) is 35.7. The number of nitrogens with zero attached hydrogens (tertiary/aromatic N) is 5. The van der Waals surface area contributed by atoms with Crippen molar-refractivity contribution in [3.63, 3.8) is 0 Å². The van der Waals surface area contributed by atoms with Gasteiger partial charge in [-0.25, -0.2) is 12.7 Å². The predicted molar refractivity (Wildman–Crippen MR) is 194 cm³/mol. The molecule has 1 aromatic carbocycles. The molecule has 11 nitrogen and oxygen atoms in total. The monoisotopic (exact) mass is 699 g/mol. The molecule has 3 heterocycles. The summed E-state index contributed by atoms with van der Waals surface area (Å²) in [5.41, 5.74) is 1.79. The molecule has 49 heavy (non-hydrogen) atoms. The van der Waals surface area contributed by atoms with Crippen LogP contribution in [0.4, 0.5) is 5.95 Å². The molecule has 1 fully saturated rings. The highest BCUT2D eigenvalue weighted by atomic mass is 32.2. The second-order valence-corrected chi connectivity index (χ2v) is 16.9. The molecule has 4 rings (SSSR count). The quantitative estimate of drug-likeness (QED) is 0.122. The fourth-order valence-corrected chi connectivity index (χ4v) is 7.93. The van der Waals surface area contributed by atoms with Crippen molar-refractivity contribution in [3.05, 3.63) is 42.2 Å². The molecule has 0 radical (unpaired) electrons. The van der Waals surface area contributed by atoms with Gasteiger partial charge in [0.25, 0.3) is 0 Å². The lowest BCUT2D eigenvalue weighted by molar-refractivity contribution is -0.154. The molecule has 1 aliphatic heterocycles. The van der Waals surface area contributed by atoms with Crippen LogP contribution in [0.1, 0.15) is 97.5 Å². The third kappa shape index (κ3) is 10.2. The molecule has 0 saturated carbocycles. The SMILES string of the molecule is COc1cccc(OC)c1-n1c(-c2cncc(C)c2)nnc1N(CCCCCCCCCCCC(C)(C)C)S(=O)(=O)C[C@@H](O)C1(C)COC1. The molecule has 0 spiro atoms. The topological polar surface area (TPSA) is 129 Å². The number of aromatic nitrogens is 4. The van der Waals surface area contributed by atoms with Gasteiger partial charge in [-0.2, -0.15) is 0 Å². The predicted octanol–water partition coefficient (Wildman–Crippen LogP) is 7.14. The number of unbranched alkanes of at least 4 members (excludes halogenated alkanes) is 8. The van der Waals surface area contributed by atoms with Crippen molar-refractivity contribution in [3.8, 4) is 28.6 Å². The second-order valence-electron chi connectivity index (χ2n) is 14.9. The number of anilines is 1. The van der Waals surface area contributed by atoms with Gasteiger partial charge in [-0.05, 0) is 48.9 Å². The van der Waals surface area contributed by atoms with Crippen LogP contribution in [0.3, 0.4) is 0 Å². The summed E-state index contributed by atoms with van der Waals surface area (Å²) in [4.78, 5) is 4.36. The minimum absolute atomic E-state index is 0.0942. The fraction of sp³-hybridized carbons (Fsp3) is 0.649. The van der Waals surface area contributed by atoms with Crippen LogP contribution >= 0.6 is 0 Å². The number of ether oxygens (including phenoxy) is 3. The first-order valence-corrected chi connectivity index (χ1v) is 19.3. The zero-order valence-corrected chi connectivity index (χ0v) is 31.4. The number of hydrogen-bond acceptors (Lipinski definition) is 9. The largest absolute Gasteiger partial charge is 0.494 e. The third-order valence-corrected chi connectivity index (χ3v) is 11.0. The Morgan fingerprint density at radius 3 is 2.08 bits per heavy atom. The smallest absolute Gasteiger partial charge is 0.246 e. The average Bonchev–Trinajstić information content (AvgIpc) is 3.46. The average molecular weight is 700 g/mol. The molecule has 1 atom stereocenters. The molecule has 272 valence electrons. The summed E-state index contributed by atoms with van der Waals surface area (Å²) in [5, 5.41) is 20.2. The number of aliphatic hydroxyl groups is 1. The summed E-state index contributed by atoms with van der Waals surface area (Å²) in [6.07, 6.45) is 13.4. The van der Waals surface area contributed by atoms with Crippen LogP contribution in [0.15, 0.2) is 36.7 Å². The maximum Gasteiger partial charge on any atom is 0.246 e. The van der Waals surface area contributed by atoms with Crippen LogP contribution in [-0.2, 0) is 14.8 Å². The fourth-order valence-electron chi connectivity index (χ4n) is 6.18. The van der Waals surface area contributed by atoms with Crippen molar-refractivity contribution in [1.29, 1.82) is 0 Å². The van der Waals surface area contributed by atoms with E-state index in [-0.39, 0.29) is 12.5 Å². The van der Waals surface area contributed by atoms with Crippen molar-refractivity contribution in [1.82, 2.24) is 19.7 Å². The van der Waals surface area contributed by atoms with E-state index >= 15 is 0 Å². The van der Waals surface area contributed by atoms with E-state index in [1.54, 1.807) is 49.4 Å². The van der Waals surface area contributed by atoms with Gasteiger partial charge in [0.2, 0.25) is 16.0 Å². The number of pyridine rings is 1. The lowest BCUT2D eigenvalue weighted by Gasteiger charge is -2.42. The Balaban J connectivity index is 1.61. The van der Waals surface area contributed by atoms with Crippen LogP contribution in [0, 0.1) is 17.8 Å². The number of aryl methyl sites for hydroxylation is 1. The molecular formula is C37H57N5O6S. The van der Waals surface area contributed by atoms with Crippen LogP contribution in [0.25, 0.3) is 17.1 Å². The summed E-state index contributed by atoms with van der Waals surface area (Å²) >= 11 is 0. The first-order valence-electron chi connectivity index (χ1n) is 17.6. The van der Waals surface area contributed by atoms with E-state index in [0.717, 1.165) is 24.8 Å². The van der Waals surface area contributed by atoms with Gasteiger partial charge in [-0.3, -0.25) is 9.55 Å². The lowest BCUT2D eigenvalue weighted by Crippen LogP contribution is -2.53. The number of hydrogen-bond donors (Lipinski definition) is 1. The van der Waals surface area contributed by atoms with E-state index in [9.17, 15) is 13.5 Å². The molecule has 0 aliphatic carbocycles. The first-order chi connectivity index (χ1) is 23.3. The van der Waals surface area contributed by atoms with Crippen molar-refractivity contribution < 1.29 is 27.7 Å². The standard InChI is InChI=1S/C37H57N5O6S/c1-28-22-29(24-38-23-28)34-39-40-35(42(34)33-30(46-6)18-17-19-31(33)47-7)41(49(44,45)25-32(43)37(5)26-48-27-37)21-16-14-12-10-8-9-11-13-15-20-36(2,3)4/h17-19,22-24,32,43H,8-16,20-21,25-27H2,1-7H3/t32-/m1/s1. The minimum Gasteiger partial charge on any atom is -0.494 e. The molecule has 0 unspecified atom stereocenters. The Bertz CT molecular complexity index is 1580. The van der Waals surface area contributed by atoms with Gasteiger partial charge in [0, 0.05) is 29.9 Å². The van der Waals surface area contributed by atoms with E-state index in [1.165, 1.54) is 42.8 Å². The number of sulfonamides is 1. The van der Waals surface area contributed by atoms with E-state index in [1.807, 2.05) is 19.9 Å². The van der Waals surface area contributed by atoms with Crippen LogP contribution in [-0.4, -0.2) is 79.1 Å². The molecule has 1 N–H and O–H groups in total. The number of aliphatic hydroxyl groups excluding tert-OH is 1. The number of methoxy groups -OCH3 is 2. The van der Waals surface area contributed by atoms with Crippen LogP contribution in [0.5, 0.6) is 11.5 Å². The summed E-state index contributed by atoms with van der Waals surface area (Å²) in [6.45, 7) is 11.4. The van der Waals surface area contributed by atoms with Crippen LogP contribution < -0.4 is 13.8 Å². The van der Waals surface area contributed by atoms with Crippen molar-refractivity contribution >= 4 is 16.0 Å². The Morgan fingerprint density at radius 1 is 0.959 bits per heavy atom. The molecule has 0 amide bonds. The molecule has 0 bridgehead atoms. The maximum atomic E-state index is 14.3. The van der Waals surface area contributed by atoms with E-state index in [4.69, 9.17) is 14.2 Å². The second kappa shape index (κ2) is 17.1. The highest BCUT2D eigenvalue weighted by molar-refractivity contribution is 7.92. The molecule has 2 aromatic heterocycles. The first kappa shape index (κ1) is 38.6. The number of rotatable bonds is 20. The zero-order valence-electron chi connectivity index (χ0n) is 30.6. The summed E-state index contributed by atoms with van der Waals surface area (Å²) in [7, 11) is -0.994. The highest BCUT2D eigenvalue weighted by Crippen LogP contribution is 2.40. The highest BCUT2D eigenvalue weighted by Gasteiger charge is 2.44. The normalized spacial score (nSPS) is 15.1. The molecule has 12 heteroatoms. The van der Waals surface area contributed by atoms with Gasteiger partial charge in [0.05, 0.1) is 39.3 Å². The van der Waals surface area contributed by atoms with E-state index in [2.05, 4.69) is 36.0 Å².